The van der Waals surface area contributed by atoms with Crippen LogP contribution in [0.2, 0.25) is 0 Å². The van der Waals surface area contributed by atoms with Crippen LogP contribution in [0.25, 0.3) is 0 Å². The van der Waals surface area contributed by atoms with Crippen LogP contribution < -0.4 is 9.47 Å². The summed E-state index contributed by atoms with van der Waals surface area (Å²) in [6.45, 7) is 11.4. The SMILES string of the molecule is C.CC(C)O.CC(C)Oc1ccc(C=O)s1.CC(C)Oc1cccs1.Ic1cccs1. The minimum absolute atomic E-state index is 0. The first kappa shape index (κ1) is 32.2. The number of hydrogen-bond acceptors (Lipinski definition) is 7. The molecule has 0 radical (unpaired) electrons. The Morgan fingerprint density at radius 3 is 1.71 bits per heavy atom. The first-order chi connectivity index (χ1) is 14.1. The summed E-state index contributed by atoms with van der Waals surface area (Å²) in [5.74, 6) is 0. The van der Waals surface area contributed by atoms with Gasteiger partial charge in [0, 0.05) is 6.10 Å². The molecule has 3 rings (SSSR count). The number of aliphatic hydroxyl groups is 1. The Morgan fingerprint density at radius 1 is 0.871 bits per heavy atom. The molecule has 3 aromatic rings. The average Bonchev–Trinajstić information content (AvgIpc) is 3.38. The second-order valence-corrected chi connectivity index (χ2v) is 11.4. The molecule has 0 atom stereocenters. The summed E-state index contributed by atoms with van der Waals surface area (Å²) in [5, 5.41) is 14.0. The maximum atomic E-state index is 10.3. The topological polar surface area (TPSA) is 55.8 Å². The van der Waals surface area contributed by atoms with Crippen molar-refractivity contribution in [1.29, 1.82) is 0 Å². The van der Waals surface area contributed by atoms with Gasteiger partial charge in [0.1, 0.15) is 0 Å². The molecule has 8 heteroatoms. The van der Waals surface area contributed by atoms with Crippen LogP contribution in [0.4, 0.5) is 0 Å². The smallest absolute Gasteiger partial charge is 0.174 e. The number of aliphatic hydroxyl groups excluding tert-OH is 1. The molecule has 0 aliphatic heterocycles. The fourth-order valence-corrected chi connectivity index (χ4v) is 4.10. The van der Waals surface area contributed by atoms with Gasteiger partial charge in [-0.2, -0.15) is 0 Å². The number of hydrogen-bond donors (Lipinski definition) is 1. The predicted molar refractivity (Wildman–Crippen MR) is 147 cm³/mol. The van der Waals surface area contributed by atoms with Gasteiger partial charge in [0.15, 0.2) is 16.4 Å². The second-order valence-electron chi connectivity index (χ2n) is 6.55. The lowest BCUT2D eigenvalue weighted by molar-refractivity contribution is 0.112. The van der Waals surface area contributed by atoms with Gasteiger partial charge in [-0.05, 0) is 105 Å². The third kappa shape index (κ3) is 20.7. The van der Waals surface area contributed by atoms with Crippen LogP contribution in [-0.4, -0.2) is 29.7 Å². The highest BCUT2D eigenvalue weighted by molar-refractivity contribution is 14.1. The van der Waals surface area contributed by atoms with Crippen molar-refractivity contribution >= 4 is 62.9 Å². The molecule has 1 N–H and O–H groups in total. The Balaban J connectivity index is 0. The minimum Gasteiger partial charge on any atom is -0.481 e. The Morgan fingerprint density at radius 2 is 1.39 bits per heavy atom. The molecule has 0 bridgehead atoms. The number of ether oxygens (including phenoxy) is 2. The lowest BCUT2D eigenvalue weighted by Crippen LogP contribution is -2.03. The quantitative estimate of drug-likeness (QED) is 0.237. The van der Waals surface area contributed by atoms with Crippen molar-refractivity contribution in [1.82, 2.24) is 0 Å². The number of halogens is 1. The lowest BCUT2D eigenvalue weighted by atomic mass is 10.5. The number of carbonyl (C=O) groups is 1. The highest BCUT2D eigenvalue weighted by atomic mass is 127. The zero-order valence-corrected chi connectivity index (χ0v) is 22.8. The zero-order chi connectivity index (χ0) is 22.9. The van der Waals surface area contributed by atoms with Crippen LogP contribution in [0, 0.1) is 2.88 Å². The molecule has 0 fully saturated rings. The van der Waals surface area contributed by atoms with Crippen molar-refractivity contribution in [2.75, 3.05) is 0 Å². The molecule has 4 nitrogen and oxygen atoms in total. The van der Waals surface area contributed by atoms with Crippen LogP contribution in [0.5, 0.6) is 10.1 Å². The molecule has 0 aromatic carbocycles. The number of thiophene rings is 3. The van der Waals surface area contributed by atoms with Gasteiger partial charge in [-0.25, -0.2) is 0 Å². The Bertz CT molecular complexity index is 749. The van der Waals surface area contributed by atoms with E-state index in [0.717, 1.165) is 16.4 Å². The normalized spacial score (nSPS) is 9.39. The van der Waals surface area contributed by atoms with Crippen LogP contribution in [0.1, 0.15) is 58.6 Å². The maximum Gasteiger partial charge on any atom is 0.174 e. The molecular formula is C23H35IO4S3. The molecule has 0 saturated carbocycles. The van der Waals surface area contributed by atoms with Crippen molar-refractivity contribution in [3.8, 4) is 10.1 Å². The van der Waals surface area contributed by atoms with Crippen LogP contribution in [0.3, 0.4) is 0 Å². The summed E-state index contributed by atoms with van der Waals surface area (Å²) < 4.78 is 12.1. The van der Waals surface area contributed by atoms with Crippen LogP contribution in [-0.2, 0) is 0 Å². The molecule has 0 amide bonds. The standard InChI is InChI=1S/C8H10O2S.C7H10OS.C4H3IS.C3H8O.CH4/c1-6(2)10-8-4-3-7(5-9)11-8;1-6(2)8-7-4-3-5-9-7;5-4-2-1-3-6-4;1-3(2)4;/h3-6H,1-2H3;3-6H,1-2H3;1-3H;3-4H,1-2H3;1H4. The molecular weight excluding hydrogens is 563 g/mol. The first-order valence-corrected chi connectivity index (χ1v) is 13.1. The third-order valence-electron chi connectivity index (χ3n) is 2.40. The monoisotopic (exact) mass is 598 g/mol. The van der Waals surface area contributed by atoms with Crippen LogP contribution in [0.15, 0.2) is 47.2 Å². The lowest BCUT2D eigenvalue weighted by Gasteiger charge is -2.04. The van der Waals surface area contributed by atoms with Gasteiger partial charge >= 0.3 is 0 Å². The predicted octanol–water partition coefficient (Wildman–Crippen LogP) is 8.26. The van der Waals surface area contributed by atoms with E-state index < -0.39 is 0 Å². The summed E-state index contributed by atoms with van der Waals surface area (Å²) in [6.07, 6.45) is 1.13. The number of carbonyl (C=O) groups excluding carboxylic acids is 1. The van der Waals surface area contributed by atoms with Crippen molar-refractivity contribution in [2.45, 2.75) is 67.3 Å². The summed E-state index contributed by atoms with van der Waals surface area (Å²) in [6, 6.07) is 11.7. The maximum absolute atomic E-state index is 10.3. The van der Waals surface area contributed by atoms with E-state index in [1.54, 1.807) is 42.6 Å². The molecule has 31 heavy (non-hydrogen) atoms. The molecule has 176 valence electrons. The summed E-state index contributed by atoms with van der Waals surface area (Å²) >= 11 is 7.06. The van der Waals surface area contributed by atoms with Crippen molar-refractivity contribution in [3.63, 3.8) is 0 Å². The highest BCUT2D eigenvalue weighted by Gasteiger charge is 2.00. The van der Waals surface area contributed by atoms with Crippen molar-refractivity contribution in [3.05, 3.63) is 54.9 Å². The molecule has 0 spiro atoms. The summed E-state index contributed by atoms with van der Waals surface area (Å²) in [7, 11) is 0. The van der Waals surface area contributed by atoms with Gasteiger partial charge in [-0.1, -0.05) is 24.8 Å². The van der Waals surface area contributed by atoms with Gasteiger partial charge in [-0.3, -0.25) is 4.79 Å². The van der Waals surface area contributed by atoms with Gasteiger partial charge in [0.25, 0.3) is 0 Å². The molecule has 0 aliphatic rings. The van der Waals surface area contributed by atoms with Gasteiger partial charge in [0.05, 0.1) is 20.0 Å². The summed E-state index contributed by atoms with van der Waals surface area (Å²) in [5.41, 5.74) is 0. The van der Waals surface area contributed by atoms with E-state index in [0.29, 0.717) is 11.0 Å². The number of rotatable bonds is 5. The Labute approximate surface area is 213 Å². The number of aldehydes is 1. The Kier molecular flexibility index (Phi) is 20.5. The van der Waals surface area contributed by atoms with E-state index in [1.165, 1.54) is 14.2 Å². The molecule has 3 aromatic heterocycles. The Hall–Kier alpha value is -0.940. The zero-order valence-electron chi connectivity index (χ0n) is 18.2. The van der Waals surface area contributed by atoms with Crippen molar-refractivity contribution in [2.24, 2.45) is 0 Å². The van der Waals surface area contributed by atoms with Gasteiger partial charge < -0.3 is 14.6 Å². The van der Waals surface area contributed by atoms with E-state index in [-0.39, 0.29) is 19.6 Å². The molecule has 0 aliphatic carbocycles. The first-order valence-electron chi connectivity index (χ1n) is 9.42. The van der Waals surface area contributed by atoms with Gasteiger partial charge in [0.2, 0.25) is 0 Å². The van der Waals surface area contributed by atoms with Crippen LogP contribution >= 0.6 is 56.6 Å². The fraction of sp³-hybridized carbons (Fsp3) is 0.435. The molecule has 3 heterocycles. The van der Waals surface area contributed by atoms with E-state index in [1.807, 2.05) is 57.3 Å². The minimum atomic E-state index is -0.167. The van der Waals surface area contributed by atoms with E-state index in [2.05, 4.69) is 34.0 Å². The van der Waals surface area contributed by atoms with Gasteiger partial charge in [-0.15, -0.1) is 22.7 Å². The van der Waals surface area contributed by atoms with E-state index in [9.17, 15) is 4.79 Å². The largest absolute Gasteiger partial charge is 0.481 e. The fourth-order valence-electron chi connectivity index (χ4n) is 1.51. The summed E-state index contributed by atoms with van der Waals surface area (Å²) in [4.78, 5) is 11.0. The van der Waals surface area contributed by atoms with E-state index in [4.69, 9.17) is 14.6 Å². The average molecular weight is 599 g/mol. The second kappa shape index (κ2) is 19.7. The molecule has 0 saturated heterocycles. The highest BCUT2D eigenvalue weighted by Crippen LogP contribution is 2.23. The molecule has 0 unspecified atom stereocenters. The van der Waals surface area contributed by atoms with E-state index >= 15 is 0 Å². The third-order valence-corrected chi connectivity index (χ3v) is 5.84. The van der Waals surface area contributed by atoms with Crippen molar-refractivity contribution < 1.29 is 19.4 Å².